The molecule has 1 aromatic carbocycles. The first-order valence-corrected chi connectivity index (χ1v) is 7.28. The zero-order valence-corrected chi connectivity index (χ0v) is 13.0. The largest absolute Gasteiger partial charge is 0.480 e. The smallest absolute Gasteiger partial charge is 0.323 e. The number of halogens is 1. The number of carbonyl (C=O) groups is 2. The van der Waals surface area contributed by atoms with Gasteiger partial charge in [-0.2, -0.15) is 5.10 Å². The van der Waals surface area contributed by atoms with E-state index in [-0.39, 0.29) is 5.82 Å². The van der Waals surface area contributed by atoms with Gasteiger partial charge in [0.25, 0.3) is 0 Å². The number of amides is 2. The minimum atomic E-state index is -1.14. The molecule has 2 amide bonds. The number of carboxylic acids is 1. The van der Waals surface area contributed by atoms with Gasteiger partial charge in [-0.3, -0.25) is 20.2 Å². The summed E-state index contributed by atoms with van der Waals surface area (Å²) in [4.78, 5) is 26.4. The molecule has 3 aromatic rings. The van der Waals surface area contributed by atoms with Gasteiger partial charge in [-0.15, -0.1) is 0 Å². The lowest BCUT2D eigenvalue weighted by molar-refractivity contribution is -0.135. The van der Waals surface area contributed by atoms with Crippen LogP contribution in [0, 0.1) is 0 Å². The van der Waals surface area contributed by atoms with Crippen molar-refractivity contribution in [3.63, 3.8) is 0 Å². The van der Waals surface area contributed by atoms with Gasteiger partial charge in [-0.25, -0.2) is 4.79 Å². The number of aliphatic carboxylic acids is 1. The molecule has 0 saturated heterocycles. The minimum Gasteiger partial charge on any atom is -0.480 e. The highest BCUT2D eigenvalue weighted by Crippen LogP contribution is 2.30. The Balaban J connectivity index is 1.91. The third kappa shape index (κ3) is 3.28. The molecular formula is C15H12ClN5O3. The minimum absolute atomic E-state index is 0.279. The lowest BCUT2D eigenvalue weighted by atomic mass is 10.1. The number of aromatic nitrogens is 3. The number of hydrogen-bond donors (Lipinski definition) is 4. The van der Waals surface area contributed by atoms with Gasteiger partial charge in [0.05, 0.1) is 16.2 Å². The molecule has 3 rings (SSSR count). The summed E-state index contributed by atoms with van der Waals surface area (Å²) in [6.45, 7) is -0.483. The zero-order chi connectivity index (χ0) is 17.1. The van der Waals surface area contributed by atoms with E-state index in [4.69, 9.17) is 16.7 Å². The Labute approximate surface area is 140 Å². The highest BCUT2D eigenvalue weighted by molar-refractivity contribution is 6.33. The number of carbonyl (C=O) groups excluding carboxylic acids is 1. The van der Waals surface area contributed by atoms with Gasteiger partial charge in [-0.05, 0) is 24.3 Å². The Morgan fingerprint density at radius 3 is 2.88 bits per heavy atom. The predicted molar refractivity (Wildman–Crippen MR) is 89.0 cm³/mol. The monoisotopic (exact) mass is 345 g/mol. The third-order valence-corrected chi connectivity index (χ3v) is 3.53. The highest BCUT2D eigenvalue weighted by Gasteiger charge is 2.12. The van der Waals surface area contributed by atoms with Gasteiger partial charge in [0, 0.05) is 17.1 Å². The summed E-state index contributed by atoms with van der Waals surface area (Å²) >= 11 is 6.16. The van der Waals surface area contributed by atoms with Crippen LogP contribution in [0.3, 0.4) is 0 Å². The lowest BCUT2D eigenvalue weighted by Gasteiger charge is -2.05. The van der Waals surface area contributed by atoms with E-state index in [1.165, 1.54) is 0 Å². The number of rotatable bonds is 4. The second-order valence-electron chi connectivity index (χ2n) is 4.87. The fourth-order valence-corrected chi connectivity index (χ4v) is 2.39. The topological polar surface area (TPSA) is 120 Å². The number of aromatic amines is 1. The van der Waals surface area contributed by atoms with Crippen LogP contribution in [0.5, 0.6) is 0 Å². The summed E-state index contributed by atoms with van der Waals surface area (Å²) in [5.74, 6) is -0.856. The second-order valence-corrected chi connectivity index (χ2v) is 5.28. The molecule has 2 heterocycles. The van der Waals surface area contributed by atoms with Gasteiger partial charge in [-0.1, -0.05) is 17.7 Å². The van der Waals surface area contributed by atoms with Crippen molar-refractivity contribution in [2.45, 2.75) is 0 Å². The molecule has 0 aliphatic carbocycles. The molecule has 0 unspecified atom stereocenters. The van der Waals surface area contributed by atoms with Gasteiger partial charge >= 0.3 is 12.0 Å². The van der Waals surface area contributed by atoms with Crippen molar-refractivity contribution in [3.05, 3.63) is 41.6 Å². The lowest BCUT2D eigenvalue weighted by Crippen LogP contribution is -2.33. The van der Waals surface area contributed by atoms with E-state index in [1.54, 1.807) is 30.5 Å². The van der Waals surface area contributed by atoms with E-state index < -0.39 is 18.5 Å². The quantitative estimate of drug-likeness (QED) is 0.579. The van der Waals surface area contributed by atoms with Crippen LogP contribution in [0.1, 0.15) is 0 Å². The van der Waals surface area contributed by atoms with Crippen molar-refractivity contribution < 1.29 is 14.7 Å². The standard InChI is InChI=1S/C15H12ClN5O3/c16-10-2-1-5-17-13(10)8-3-4-11-9(6-8)14(21-20-11)19-15(24)18-7-12(22)23/h1-6H,7H2,(H,22,23)(H3,18,19,20,21,24). The van der Waals surface area contributed by atoms with Gasteiger partial charge < -0.3 is 10.4 Å². The number of nitrogens with one attached hydrogen (secondary N) is 3. The number of benzene rings is 1. The first-order chi connectivity index (χ1) is 11.5. The fraction of sp³-hybridized carbons (Fsp3) is 0.0667. The summed E-state index contributed by atoms with van der Waals surface area (Å²) in [6, 6.07) is 8.24. The molecule has 0 saturated carbocycles. The Morgan fingerprint density at radius 2 is 2.12 bits per heavy atom. The van der Waals surface area contributed by atoms with E-state index in [9.17, 15) is 9.59 Å². The van der Waals surface area contributed by atoms with Crippen molar-refractivity contribution in [3.8, 4) is 11.3 Å². The molecule has 24 heavy (non-hydrogen) atoms. The van der Waals surface area contributed by atoms with E-state index in [0.717, 1.165) is 5.56 Å². The number of hydrogen-bond acceptors (Lipinski definition) is 4. The van der Waals surface area contributed by atoms with Crippen molar-refractivity contribution >= 4 is 40.3 Å². The maximum atomic E-state index is 11.7. The maximum Gasteiger partial charge on any atom is 0.323 e. The Morgan fingerprint density at radius 1 is 1.29 bits per heavy atom. The zero-order valence-electron chi connectivity index (χ0n) is 12.2. The number of fused-ring (bicyclic) bond motifs is 1. The van der Waals surface area contributed by atoms with Crippen molar-refractivity contribution in [2.24, 2.45) is 0 Å². The highest BCUT2D eigenvalue weighted by atomic mass is 35.5. The predicted octanol–water partition coefficient (Wildman–Crippen LogP) is 2.48. The number of nitrogens with zero attached hydrogens (tertiary/aromatic N) is 2. The van der Waals surface area contributed by atoms with E-state index in [2.05, 4.69) is 25.8 Å². The number of anilines is 1. The molecule has 0 aliphatic rings. The average molecular weight is 346 g/mol. The Bertz CT molecular complexity index is 924. The van der Waals surface area contributed by atoms with Gasteiger partial charge in [0.1, 0.15) is 6.54 Å². The van der Waals surface area contributed by atoms with E-state index >= 15 is 0 Å². The molecule has 8 nitrogen and oxygen atoms in total. The van der Waals surface area contributed by atoms with Crippen LogP contribution in [0.2, 0.25) is 5.02 Å². The van der Waals surface area contributed by atoms with Crippen LogP contribution in [0.15, 0.2) is 36.5 Å². The molecule has 0 atom stereocenters. The first-order valence-electron chi connectivity index (χ1n) is 6.90. The maximum absolute atomic E-state index is 11.7. The summed E-state index contributed by atoms with van der Waals surface area (Å²) in [5, 5.41) is 21.2. The van der Waals surface area contributed by atoms with Gasteiger partial charge in [0.15, 0.2) is 5.82 Å². The molecule has 2 aromatic heterocycles. The number of carboxylic acid groups (broad SMARTS) is 1. The Kier molecular flexibility index (Phi) is 4.30. The van der Waals surface area contributed by atoms with Crippen molar-refractivity contribution in [2.75, 3.05) is 11.9 Å². The summed E-state index contributed by atoms with van der Waals surface area (Å²) in [5.41, 5.74) is 2.09. The summed E-state index contributed by atoms with van der Waals surface area (Å²) in [6.07, 6.45) is 1.64. The van der Waals surface area contributed by atoms with Crippen LogP contribution < -0.4 is 10.6 Å². The third-order valence-electron chi connectivity index (χ3n) is 3.23. The first kappa shape index (κ1) is 15.8. The molecular weight excluding hydrogens is 334 g/mol. The normalized spacial score (nSPS) is 10.5. The number of H-pyrrole nitrogens is 1. The fourth-order valence-electron chi connectivity index (χ4n) is 2.16. The second kappa shape index (κ2) is 6.55. The molecule has 9 heteroatoms. The van der Waals surface area contributed by atoms with Crippen molar-refractivity contribution in [1.29, 1.82) is 0 Å². The van der Waals surface area contributed by atoms with Crippen molar-refractivity contribution in [1.82, 2.24) is 20.5 Å². The van der Waals surface area contributed by atoms with Gasteiger partial charge in [0.2, 0.25) is 0 Å². The summed E-state index contributed by atoms with van der Waals surface area (Å²) < 4.78 is 0. The Hall–Kier alpha value is -3.13. The molecule has 0 radical (unpaired) electrons. The SMILES string of the molecule is O=C(O)CNC(=O)Nc1n[nH]c2ccc(-c3ncccc3Cl)cc12. The summed E-state index contributed by atoms with van der Waals surface area (Å²) in [7, 11) is 0. The average Bonchev–Trinajstić information content (AvgIpc) is 2.95. The van der Waals surface area contributed by atoms with Crippen LogP contribution >= 0.6 is 11.6 Å². The molecule has 0 aliphatic heterocycles. The molecule has 4 N–H and O–H groups in total. The van der Waals surface area contributed by atoms with Crippen LogP contribution in [0.25, 0.3) is 22.2 Å². The molecule has 122 valence electrons. The van der Waals surface area contributed by atoms with Crippen LogP contribution in [0.4, 0.5) is 10.6 Å². The van der Waals surface area contributed by atoms with Crippen LogP contribution in [-0.4, -0.2) is 38.8 Å². The molecule has 0 fully saturated rings. The molecule has 0 spiro atoms. The molecule has 0 bridgehead atoms. The van der Waals surface area contributed by atoms with E-state index in [0.29, 0.717) is 21.6 Å². The number of pyridine rings is 1. The van der Waals surface area contributed by atoms with E-state index in [1.807, 2.05) is 6.07 Å². The number of urea groups is 1. The van der Waals surface area contributed by atoms with Crippen LogP contribution in [-0.2, 0) is 4.79 Å².